The molecule has 1 saturated carbocycles. The Morgan fingerprint density at radius 3 is 2.42 bits per heavy atom. The molecule has 0 radical (unpaired) electrons. The summed E-state index contributed by atoms with van der Waals surface area (Å²) in [4.78, 5) is 17.4. The summed E-state index contributed by atoms with van der Waals surface area (Å²) in [5.74, 6) is 2.89. The molecular formula is C27H36N2O4. The topological polar surface area (TPSA) is 62.2 Å². The van der Waals surface area contributed by atoms with E-state index in [1.807, 2.05) is 30.1 Å². The number of likely N-dealkylation sites (N-methyl/N-ethyl adjacent to an activating group) is 1. The number of methoxy groups -OCH3 is 2. The Kier molecular flexibility index (Phi) is 7.43. The smallest absolute Gasteiger partial charge is 0.225 e. The van der Waals surface area contributed by atoms with E-state index >= 15 is 0 Å². The van der Waals surface area contributed by atoms with Gasteiger partial charge in [0.05, 0.1) is 14.2 Å². The maximum Gasteiger partial charge on any atom is 0.225 e. The van der Waals surface area contributed by atoms with Crippen LogP contribution < -0.4 is 9.47 Å². The van der Waals surface area contributed by atoms with Crippen molar-refractivity contribution in [2.45, 2.75) is 44.7 Å². The number of benzene rings is 2. The Morgan fingerprint density at radius 1 is 1.06 bits per heavy atom. The molecule has 4 rings (SSSR count). The van der Waals surface area contributed by atoms with Crippen LogP contribution >= 0.6 is 0 Å². The average Bonchev–Trinajstić information content (AvgIpc) is 3.69. The van der Waals surface area contributed by atoms with Crippen LogP contribution in [0.1, 0.15) is 36.8 Å². The van der Waals surface area contributed by atoms with Gasteiger partial charge in [0.1, 0.15) is 17.2 Å². The second-order valence-electron chi connectivity index (χ2n) is 9.45. The van der Waals surface area contributed by atoms with E-state index in [2.05, 4.69) is 17.0 Å². The normalized spacial score (nSPS) is 18.0. The van der Waals surface area contributed by atoms with Crippen LogP contribution in [0.4, 0.5) is 0 Å². The largest absolute Gasteiger partial charge is 0.508 e. The number of phenolic OH excluding ortho intramolecular Hbond substituents is 1. The first-order valence-corrected chi connectivity index (χ1v) is 12.0. The second kappa shape index (κ2) is 10.5. The van der Waals surface area contributed by atoms with Crippen molar-refractivity contribution in [1.29, 1.82) is 0 Å². The molecule has 1 aliphatic heterocycles. The minimum Gasteiger partial charge on any atom is -0.508 e. The zero-order valence-corrected chi connectivity index (χ0v) is 20.0. The predicted octanol–water partition coefficient (Wildman–Crippen LogP) is 4.10. The number of ether oxygens (including phenoxy) is 2. The Bertz CT molecular complexity index is 951. The van der Waals surface area contributed by atoms with Crippen LogP contribution in [-0.2, 0) is 17.8 Å². The first-order valence-electron chi connectivity index (χ1n) is 12.0. The number of hydrogen-bond donors (Lipinski definition) is 1. The molecule has 1 atom stereocenters. The maximum absolute atomic E-state index is 13.0. The number of hydrogen-bond acceptors (Lipinski definition) is 5. The van der Waals surface area contributed by atoms with Gasteiger partial charge in [-0.25, -0.2) is 0 Å². The summed E-state index contributed by atoms with van der Waals surface area (Å²) in [5.41, 5.74) is 2.10. The second-order valence-corrected chi connectivity index (χ2v) is 9.45. The highest BCUT2D eigenvalue weighted by molar-refractivity contribution is 5.81. The molecule has 33 heavy (non-hydrogen) atoms. The first-order chi connectivity index (χ1) is 16.0. The van der Waals surface area contributed by atoms with Crippen molar-refractivity contribution in [2.75, 3.05) is 34.4 Å². The third kappa shape index (κ3) is 5.80. The van der Waals surface area contributed by atoms with Gasteiger partial charge in [-0.05, 0) is 87.0 Å². The number of likely N-dealkylation sites (tertiary alicyclic amines) is 1. The maximum atomic E-state index is 13.0. The number of aromatic hydroxyl groups is 1. The molecule has 1 amide bonds. The van der Waals surface area contributed by atoms with Crippen LogP contribution in [0.3, 0.4) is 0 Å². The summed E-state index contributed by atoms with van der Waals surface area (Å²) in [5, 5.41) is 10.3. The van der Waals surface area contributed by atoms with Gasteiger partial charge in [0, 0.05) is 31.1 Å². The standard InChI is InChI=1S/C27H36N2O4/c1-28(27(31)21-7-8-21)25(16-19-5-4-6-23(15-19)32-2)20-11-13-29(14-12-20)18-22-17-24(33-3)9-10-26(22)30/h4-6,9-10,15,17,20-21,25,30H,7-8,11-14,16,18H2,1-3H3. The van der Waals surface area contributed by atoms with Gasteiger partial charge in [-0.15, -0.1) is 0 Å². The summed E-state index contributed by atoms with van der Waals surface area (Å²) < 4.78 is 10.7. The minimum absolute atomic E-state index is 0.178. The lowest BCUT2D eigenvalue weighted by Gasteiger charge is -2.40. The number of carbonyl (C=O) groups excluding carboxylic acids is 1. The molecule has 1 N–H and O–H groups in total. The summed E-state index contributed by atoms with van der Waals surface area (Å²) >= 11 is 0. The third-order valence-electron chi connectivity index (χ3n) is 7.21. The van der Waals surface area contributed by atoms with Crippen molar-refractivity contribution in [2.24, 2.45) is 11.8 Å². The molecule has 0 bridgehead atoms. The van der Waals surface area contributed by atoms with Gasteiger partial charge in [0.25, 0.3) is 0 Å². The molecule has 0 aromatic heterocycles. The van der Waals surface area contributed by atoms with Crippen molar-refractivity contribution in [1.82, 2.24) is 9.80 Å². The first kappa shape index (κ1) is 23.4. The van der Waals surface area contributed by atoms with Gasteiger partial charge in [-0.3, -0.25) is 9.69 Å². The molecule has 0 spiro atoms. The molecular weight excluding hydrogens is 416 g/mol. The molecule has 1 saturated heterocycles. The summed E-state index contributed by atoms with van der Waals surface area (Å²) in [6.07, 6.45) is 4.95. The van der Waals surface area contributed by atoms with Crippen molar-refractivity contribution in [3.05, 3.63) is 53.6 Å². The SMILES string of the molecule is COc1cccc(CC(C2CCN(Cc3cc(OC)ccc3O)CC2)N(C)C(=O)C2CC2)c1. The zero-order chi connectivity index (χ0) is 23.4. The lowest BCUT2D eigenvalue weighted by Crippen LogP contribution is -2.47. The average molecular weight is 453 g/mol. The summed E-state index contributed by atoms with van der Waals surface area (Å²) in [6, 6.07) is 13.8. The zero-order valence-electron chi connectivity index (χ0n) is 20.0. The molecule has 2 aromatic rings. The van der Waals surface area contributed by atoms with E-state index in [0.717, 1.165) is 62.3 Å². The van der Waals surface area contributed by atoms with E-state index in [-0.39, 0.29) is 12.0 Å². The number of rotatable bonds is 9. The van der Waals surface area contributed by atoms with Gasteiger partial charge >= 0.3 is 0 Å². The van der Waals surface area contributed by atoms with Crippen LogP contribution in [0.2, 0.25) is 0 Å². The number of amides is 1. The molecule has 2 fully saturated rings. The van der Waals surface area contributed by atoms with E-state index < -0.39 is 0 Å². The van der Waals surface area contributed by atoms with Gasteiger partial charge in [0.15, 0.2) is 0 Å². The van der Waals surface area contributed by atoms with Crippen LogP contribution in [0.25, 0.3) is 0 Å². The Morgan fingerprint density at radius 2 is 1.76 bits per heavy atom. The molecule has 1 heterocycles. The van der Waals surface area contributed by atoms with Crippen LogP contribution in [0.5, 0.6) is 17.2 Å². The van der Waals surface area contributed by atoms with Gasteiger partial charge in [-0.2, -0.15) is 0 Å². The lowest BCUT2D eigenvalue weighted by atomic mass is 9.84. The van der Waals surface area contributed by atoms with E-state index in [0.29, 0.717) is 24.1 Å². The van der Waals surface area contributed by atoms with Gasteiger partial charge in [0.2, 0.25) is 5.91 Å². The number of carbonyl (C=O) groups is 1. The lowest BCUT2D eigenvalue weighted by molar-refractivity contribution is -0.134. The Balaban J connectivity index is 1.43. The highest BCUT2D eigenvalue weighted by Crippen LogP contribution is 2.35. The minimum atomic E-state index is 0.178. The quantitative estimate of drug-likeness (QED) is 0.621. The van der Waals surface area contributed by atoms with Crippen molar-refractivity contribution >= 4 is 5.91 Å². The monoisotopic (exact) mass is 452 g/mol. The summed E-state index contributed by atoms with van der Waals surface area (Å²) in [7, 11) is 5.32. The molecule has 6 heteroatoms. The van der Waals surface area contributed by atoms with Crippen molar-refractivity contribution in [3.63, 3.8) is 0 Å². The molecule has 178 valence electrons. The summed E-state index contributed by atoms with van der Waals surface area (Å²) in [6.45, 7) is 2.59. The van der Waals surface area contributed by atoms with Crippen LogP contribution in [0.15, 0.2) is 42.5 Å². The molecule has 1 unspecified atom stereocenters. The van der Waals surface area contributed by atoms with E-state index in [1.54, 1.807) is 26.4 Å². The van der Waals surface area contributed by atoms with E-state index in [1.165, 1.54) is 5.56 Å². The van der Waals surface area contributed by atoms with Crippen LogP contribution in [0, 0.1) is 11.8 Å². The molecule has 6 nitrogen and oxygen atoms in total. The fourth-order valence-corrected chi connectivity index (χ4v) is 4.99. The predicted molar refractivity (Wildman–Crippen MR) is 129 cm³/mol. The number of piperidine rings is 1. The highest BCUT2D eigenvalue weighted by atomic mass is 16.5. The van der Waals surface area contributed by atoms with E-state index in [4.69, 9.17) is 9.47 Å². The molecule has 2 aliphatic rings. The highest BCUT2D eigenvalue weighted by Gasteiger charge is 2.38. The van der Waals surface area contributed by atoms with Crippen LogP contribution in [-0.4, -0.2) is 61.2 Å². The van der Waals surface area contributed by atoms with Gasteiger partial charge in [-0.1, -0.05) is 12.1 Å². The molecule has 1 aliphatic carbocycles. The Labute approximate surface area is 197 Å². The van der Waals surface area contributed by atoms with Crippen molar-refractivity contribution < 1.29 is 19.4 Å². The van der Waals surface area contributed by atoms with Crippen molar-refractivity contribution in [3.8, 4) is 17.2 Å². The Hall–Kier alpha value is -2.73. The fraction of sp³-hybridized carbons (Fsp3) is 0.519. The van der Waals surface area contributed by atoms with E-state index in [9.17, 15) is 9.90 Å². The molecule has 2 aromatic carbocycles. The third-order valence-corrected chi connectivity index (χ3v) is 7.21. The number of nitrogens with zero attached hydrogens (tertiary/aromatic N) is 2. The number of phenols is 1. The van der Waals surface area contributed by atoms with Gasteiger partial charge < -0.3 is 19.5 Å². The fourth-order valence-electron chi connectivity index (χ4n) is 4.99.